The molecule has 4 aromatic carbocycles. The molecule has 4 rings (SSSR count). The summed E-state index contributed by atoms with van der Waals surface area (Å²) in [5.74, 6) is 0. The molecule has 1 unspecified atom stereocenters. The number of benzene rings is 4. The molecule has 2 heteroatoms. The highest BCUT2D eigenvalue weighted by Crippen LogP contribution is 2.27. The molecular formula is C22H16N2. The predicted molar refractivity (Wildman–Crippen MR) is 99.9 cm³/mol. The monoisotopic (exact) mass is 308 g/mol. The first-order chi connectivity index (χ1) is 11.8. The van der Waals surface area contributed by atoms with Crippen molar-refractivity contribution in [2.75, 3.05) is 5.32 Å². The van der Waals surface area contributed by atoms with Crippen molar-refractivity contribution in [3.8, 4) is 6.07 Å². The van der Waals surface area contributed by atoms with Crippen molar-refractivity contribution in [2.45, 2.75) is 6.04 Å². The third-order valence-corrected chi connectivity index (χ3v) is 4.28. The molecule has 0 aliphatic heterocycles. The molecule has 1 atom stereocenters. The summed E-state index contributed by atoms with van der Waals surface area (Å²) in [6, 6.07) is 30.8. The largest absolute Gasteiger partial charge is 0.366 e. The van der Waals surface area contributed by atoms with Crippen LogP contribution in [0.5, 0.6) is 0 Å². The normalized spacial score (nSPS) is 12.0. The van der Waals surface area contributed by atoms with Gasteiger partial charge in [0, 0.05) is 5.69 Å². The fraction of sp³-hybridized carbons (Fsp3) is 0.0455. The lowest BCUT2D eigenvalue weighted by Crippen LogP contribution is -2.08. The van der Waals surface area contributed by atoms with E-state index in [1.807, 2.05) is 36.4 Å². The van der Waals surface area contributed by atoms with Gasteiger partial charge in [0.05, 0.1) is 6.07 Å². The van der Waals surface area contributed by atoms with E-state index in [9.17, 15) is 5.26 Å². The van der Waals surface area contributed by atoms with Crippen LogP contribution in [-0.2, 0) is 0 Å². The number of hydrogen-bond donors (Lipinski definition) is 1. The van der Waals surface area contributed by atoms with Crippen LogP contribution in [-0.4, -0.2) is 0 Å². The first kappa shape index (κ1) is 14.3. The summed E-state index contributed by atoms with van der Waals surface area (Å²) in [7, 11) is 0. The average molecular weight is 308 g/mol. The molecule has 0 spiro atoms. The van der Waals surface area contributed by atoms with Crippen molar-refractivity contribution >= 4 is 27.2 Å². The van der Waals surface area contributed by atoms with Gasteiger partial charge in [-0.05, 0) is 51.4 Å². The minimum absolute atomic E-state index is 0.357. The van der Waals surface area contributed by atoms with Crippen molar-refractivity contribution in [1.29, 1.82) is 5.26 Å². The first-order valence-corrected chi connectivity index (χ1v) is 7.97. The number of hydrogen-bond acceptors (Lipinski definition) is 2. The lowest BCUT2D eigenvalue weighted by atomic mass is 10.0. The van der Waals surface area contributed by atoms with E-state index >= 15 is 0 Å². The smallest absolute Gasteiger partial charge is 0.140 e. The molecule has 0 bridgehead atoms. The van der Waals surface area contributed by atoms with Crippen LogP contribution in [0, 0.1) is 11.3 Å². The van der Waals surface area contributed by atoms with E-state index in [0.29, 0.717) is 0 Å². The van der Waals surface area contributed by atoms with Gasteiger partial charge in [-0.15, -0.1) is 0 Å². The summed E-state index contributed by atoms with van der Waals surface area (Å²) in [6.45, 7) is 0. The number of rotatable bonds is 3. The molecule has 4 aromatic rings. The van der Waals surface area contributed by atoms with E-state index < -0.39 is 0 Å². The topological polar surface area (TPSA) is 35.8 Å². The molecule has 0 saturated carbocycles. The molecule has 0 aliphatic carbocycles. The summed E-state index contributed by atoms with van der Waals surface area (Å²) in [4.78, 5) is 0. The van der Waals surface area contributed by atoms with Gasteiger partial charge in [0.2, 0.25) is 0 Å². The zero-order valence-electron chi connectivity index (χ0n) is 13.1. The van der Waals surface area contributed by atoms with Crippen LogP contribution in [0.1, 0.15) is 11.6 Å². The molecule has 114 valence electrons. The Kier molecular flexibility index (Phi) is 3.61. The maximum Gasteiger partial charge on any atom is 0.140 e. The summed E-state index contributed by atoms with van der Waals surface area (Å²) >= 11 is 0. The van der Waals surface area contributed by atoms with E-state index in [4.69, 9.17) is 0 Å². The van der Waals surface area contributed by atoms with Crippen LogP contribution in [0.3, 0.4) is 0 Å². The van der Waals surface area contributed by atoms with Crippen molar-refractivity contribution in [3.63, 3.8) is 0 Å². The predicted octanol–water partition coefficient (Wildman–Crippen LogP) is 5.67. The Hall–Kier alpha value is -3.31. The van der Waals surface area contributed by atoms with Gasteiger partial charge in [0.25, 0.3) is 0 Å². The number of nitrogens with one attached hydrogen (secondary N) is 1. The highest BCUT2D eigenvalue weighted by molar-refractivity contribution is 5.99. The molecule has 0 radical (unpaired) electrons. The number of anilines is 1. The summed E-state index contributed by atoms with van der Waals surface area (Å²) in [5.41, 5.74) is 1.92. The van der Waals surface area contributed by atoms with Gasteiger partial charge in [0.15, 0.2) is 0 Å². The van der Waals surface area contributed by atoms with Crippen molar-refractivity contribution in [2.24, 2.45) is 0 Å². The van der Waals surface area contributed by atoms with E-state index in [0.717, 1.165) is 11.3 Å². The fourth-order valence-electron chi connectivity index (χ4n) is 3.03. The second-order valence-corrected chi connectivity index (χ2v) is 5.88. The fourth-order valence-corrected chi connectivity index (χ4v) is 3.03. The molecule has 2 nitrogen and oxygen atoms in total. The number of nitriles is 1. The Labute approximate surface area is 141 Å². The summed E-state index contributed by atoms with van der Waals surface area (Å²) in [5, 5.41) is 17.6. The standard InChI is InChI=1S/C22H16N2/c23-15-22(16-6-2-1-3-7-16)24-21-11-10-19-12-17-8-4-5-9-18(17)13-20(19)14-21/h1-14,22,24H. The summed E-state index contributed by atoms with van der Waals surface area (Å²) in [6.07, 6.45) is 0. The van der Waals surface area contributed by atoms with Crippen molar-refractivity contribution < 1.29 is 0 Å². The molecule has 0 aliphatic rings. The third kappa shape index (κ3) is 2.68. The summed E-state index contributed by atoms with van der Waals surface area (Å²) < 4.78 is 0. The van der Waals surface area contributed by atoms with Crippen LogP contribution < -0.4 is 5.32 Å². The Bertz CT molecular complexity index is 1050. The zero-order chi connectivity index (χ0) is 16.4. The second-order valence-electron chi connectivity index (χ2n) is 5.88. The molecule has 24 heavy (non-hydrogen) atoms. The molecule has 0 saturated heterocycles. The first-order valence-electron chi connectivity index (χ1n) is 7.97. The van der Waals surface area contributed by atoms with Gasteiger partial charge in [0.1, 0.15) is 6.04 Å². The Balaban J connectivity index is 1.72. The van der Waals surface area contributed by atoms with E-state index in [1.54, 1.807) is 0 Å². The lowest BCUT2D eigenvalue weighted by Gasteiger charge is -2.14. The van der Waals surface area contributed by atoms with Gasteiger partial charge < -0.3 is 5.32 Å². The minimum atomic E-state index is -0.357. The Morgan fingerprint density at radius 2 is 1.29 bits per heavy atom. The Morgan fingerprint density at radius 1 is 0.667 bits per heavy atom. The highest BCUT2D eigenvalue weighted by atomic mass is 14.9. The van der Waals surface area contributed by atoms with Crippen LogP contribution >= 0.6 is 0 Å². The highest BCUT2D eigenvalue weighted by Gasteiger charge is 2.10. The van der Waals surface area contributed by atoms with Gasteiger partial charge in [-0.25, -0.2) is 0 Å². The Morgan fingerprint density at radius 3 is 2.00 bits per heavy atom. The van der Waals surface area contributed by atoms with E-state index in [-0.39, 0.29) is 6.04 Å². The van der Waals surface area contributed by atoms with E-state index in [1.165, 1.54) is 21.5 Å². The lowest BCUT2D eigenvalue weighted by molar-refractivity contribution is 0.999. The average Bonchev–Trinajstić information content (AvgIpc) is 2.65. The second kappa shape index (κ2) is 6.06. The van der Waals surface area contributed by atoms with Gasteiger partial charge in [-0.3, -0.25) is 0 Å². The SMILES string of the molecule is N#CC(Nc1ccc2cc3ccccc3cc2c1)c1ccccc1. The molecule has 1 N–H and O–H groups in total. The van der Waals surface area contributed by atoms with Gasteiger partial charge >= 0.3 is 0 Å². The molecular weight excluding hydrogens is 292 g/mol. The van der Waals surface area contributed by atoms with Crippen LogP contribution in [0.4, 0.5) is 5.69 Å². The van der Waals surface area contributed by atoms with Crippen LogP contribution in [0.2, 0.25) is 0 Å². The number of fused-ring (bicyclic) bond motifs is 2. The van der Waals surface area contributed by atoms with Gasteiger partial charge in [-0.1, -0.05) is 60.7 Å². The maximum atomic E-state index is 9.48. The quantitative estimate of drug-likeness (QED) is 0.495. The van der Waals surface area contributed by atoms with Crippen LogP contribution in [0.15, 0.2) is 84.9 Å². The third-order valence-electron chi connectivity index (χ3n) is 4.28. The van der Waals surface area contributed by atoms with Gasteiger partial charge in [-0.2, -0.15) is 5.26 Å². The molecule has 0 fully saturated rings. The number of nitrogens with zero attached hydrogens (tertiary/aromatic N) is 1. The zero-order valence-corrected chi connectivity index (χ0v) is 13.1. The molecule has 0 aromatic heterocycles. The molecule has 0 amide bonds. The minimum Gasteiger partial charge on any atom is -0.366 e. The van der Waals surface area contributed by atoms with E-state index in [2.05, 4.69) is 59.9 Å². The van der Waals surface area contributed by atoms with Crippen molar-refractivity contribution in [1.82, 2.24) is 0 Å². The van der Waals surface area contributed by atoms with Crippen LogP contribution in [0.25, 0.3) is 21.5 Å². The molecule has 0 heterocycles. The maximum absolute atomic E-state index is 9.48. The van der Waals surface area contributed by atoms with Crippen molar-refractivity contribution in [3.05, 3.63) is 90.5 Å².